The molecule has 4 heteroatoms. The van der Waals surface area contributed by atoms with Gasteiger partial charge < -0.3 is 9.88 Å². The molecule has 20 heavy (non-hydrogen) atoms. The van der Waals surface area contributed by atoms with Crippen molar-refractivity contribution < 1.29 is 0 Å². The minimum Gasteiger partial charge on any atom is -0.385 e. The van der Waals surface area contributed by atoms with Crippen LogP contribution in [0.2, 0.25) is 0 Å². The third-order valence-electron chi connectivity index (χ3n) is 3.73. The van der Waals surface area contributed by atoms with Crippen molar-refractivity contribution in [2.24, 2.45) is 5.92 Å². The molecule has 1 N–H and O–H groups in total. The second-order valence-electron chi connectivity index (χ2n) is 5.37. The number of rotatable bonds is 5. The van der Waals surface area contributed by atoms with E-state index in [-0.39, 0.29) is 0 Å². The highest BCUT2D eigenvalue weighted by Gasteiger charge is 2.09. The number of hydrogen-bond acceptors (Lipinski definition) is 3. The number of aromatic nitrogens is 3. The van der Waals surface area contributed by atoms with Crippen molar-refractivity contribution in [2.75, 3.05) is 11.9 Å². The van der Waals surface area contributed by atoms with Gasteiger partial charge in [-0.05, 0) is 42.9 Å². The monoisotopic (exact) mass is 268 g/mol. The molecule has 0 aliphatic heterocycles. The predicted octanol–water partition coefficient (Wildman–Crippen LogP) is 3.09. The van der Waals surface area contributed by atoms with Gasteiger partial charge in [0.05, 0.1) is 6.54 Å². The third kappa shape index (κ3) is 3.47. The van der Waals surface area contributed by atoms with Crippen molar-refractivity contribution in [1.29, 1.82) is 0 Å². The molecule has 0 saturated carbocycles. The van der Waals surface area contributed by atoms with Crippen LogP contribution in [0.25, 0.3) is 0 Å². The van der Waals surface area contributed by atoms with Gasteiger partial charge in [-0.1, -0.05) is 24.3 Å². The van der Waals surface area contributed by atoms with Crippen LogP contribution >= 0.6 is 0 Å². The Morgan fingerprint density at radius 2 is 2.10 bits per heavy atom. The second kappa shape index (κ2) is 6.37. The maximum atomic E-state index is 3.83. The van der Waals surface area contributed by atoms with Gasteiger partial charge in [0, 0.05) is 12.2 Å². The summed E-state index contributed by atoms with van der Waals surface area (Å²) in [6.45, 7) is 1.87. The number of nitrogens with one attached hydrogen (secondary N) is 1. The van der Waals surface area contributed by atoms with Gasteiger partial charge in [0.1, 0.15) is 12.7 Å². The molecule has 2 aromatic rings. The summed E-state index contributed by atoms with van der Waals surface area (Å²) in [5.41, 5.74) is 2.46. The van der Waals surface area contributed by atoms with E-state index in [2.05, 4.69) is 51.9 Å². The molecule has 104 valence electrons. The number of nitrogens with zero attached hydrogens (tertiary/aromatic N) is 3. The number of hydrogen-bond donors (Lipinski definition) is 1. The molecule has 3 rings (SSSR count). The highest BCUT2D eigenvalue weighted by atomic mass is 15.2. The highest BCUT2D eigenvalue weighted by molar-refractivity contribution is 5.45. The fraction of sp³-hybridized carbons (Fsp3) is 0.375. The van der Waals surface area contributed by atoms with Crippen molar-refractivity contribution in [3.63, 3.8) is 0 Å². The molecule has 0 spiro atoms. The van der Waals surface area contributed by atoms with E-state index in [9.17, 15) is 0 Å². The van der Waals surface area contributed by atoms with E-state index in [4.69, 9.17) is 0 Å². The lowest BCUT2D eigenvalue weighted by atomic mass is 9.94. The number of anilines is 1. The third-order valence-corrected chi connectivity index (χ3v) is 3.73. The smallest absolute Gasteiger partial charge is 0.119 e. The highest BCUT2D eigenvalue weighted by Crippen LogP contribution is 2.19. The quantitative estimate of drug-likeness (QED) is 0.847. The Morgan fingerprint density at radius 3 is 2.90 bits per heavy atom. The Kier molecular flexibility index (Phi) is 4.11. The lowest BCUT2D eigenvalue weighted by molar-refractivity contribution is 0.504. The van der Waals surface area contributed by atoms with Crippen molar-refractivity contribution >= 4 is 5.69 Å². The fourth-order valence-corrected chi connectivity index (χ4v) is 2.60. The van der Waals surface area contributed by atoms with Crippen molar-refractivity contribution in [2.45, 2.75) is 25.8 Å². The average Bonchev–Trinajstić information content (AvgIpc) is 3.00. The first-order valence-corrected chi connectivity index (χ1v) is 7.20. The first kappa shape index (κ1) is 12.9. The summed E-state index contributed by atoms with van der Waals surface area (Å²) in [5.74, 6) is 0.765. The van der Waals surface area contributed by atoms with Gasteiger partial charge in [-0.3, -0.25) is 0 Å². The predicted molar refractivity (Wildman–Crippen MR) is 80.5 cm³/mol. The van der Waals surface area contributed by atoms with E-state index in [1.807, 2.05) is 4.57 Å². The van der Waals surface area contributed by atoms with E-state index >= 15 is 0 Å². The van der Waals surface area contributed by atoms with E-state index < -0.39 is 0 Å². The Morgan fingerprint density at radius 1 is 1.20 bits per heavy atom. The standard InChI is InChI=1S/C16H20N4/c1-2-5-14(6-3-1)10-17-16-8-4-7-15(9-16)11-20-12-18-19-13-20/h1-2,4,7-9,12-14,17H,3,5-6,10-11H2. The summed E-state index contributed by atoms with van der Waals surface area (Å²) in [6, 6.07) is 8.57. The first-order chi connectivity index (χ1) is 9.90. The molecular formula is C16H20N4. The summed E-state index contributed by atoms with van der Waals surface area (Å²) in [4.78, 5) is 0. The number of benzene rings is 1. The largest absolute Gasteiger partial charge is 0.385 e. The molecule has 1 atom stereocenters. The zero-order valence-electron chi connectivity index (χ0n) is 11.6. The van der Waals surface area contributed by atoms with Crippen LogP contribution < -0.4 is 5.32 Å². The summed E-state index contributed by atoms with van der Waals surface area (Å²) >= 11 is 0. The molecule has 4 nitrogen and oxygen atoms in total. The van der Waals surface area contributed by atoms with Gasteiger partial charge in [0.2, 0.25) is 0 Å². The first-order valence-electron chi connectivity index (χ1n) is 7.20. The molecule has 0 bridgehead atoms. The molecule has 1 unspecified atom stereocenters. The van der Waals surface area contributed by atoms with Crippen LogP contribution in [0.5, 0.6) is 0 Å². The lowest BCUT2D eigenvalue weighted by Gasteiger charge is -2.19. The van der Waals surface area contributed by atoms with Crippen LogP contribution in [0.1, 0.15) is 24.8 Å². The van der Waals surface area contributed by atoms with Crippen LogP contribution in [0.15, 0.2) is 49.1 Å². The zero-order chi connectivity index (χ0) is 13.6. The maximum Gasteiger partial charge on any atom is 0.119 e. The summed E-state index contributed by atoms with van der Waals surface area (Å²) in [7, 11) is 0. The van der Waals surface area contributed by atoms with Crippen LogP contribution in [0.4, 0.5) is 5.69 Å². The average molecular weight is 268 g/mol. The van der Waals surface area contributed by atoms with E-state index in [0.717, 1.165) is 19.0 Å². The van der Waals surface area contributed by atoms with E-state index in [0.29, 0.717) is 0 Å². The van der Waals surface area contributed by atoms with Crippen LogP contribution in [-0.4, -0.2) is 21.3 Å². The minimum atomic E-state index is 0.765. The molecule has 1 aromatic carbocycles. The van der Waals surface area contributed by atoms with Gasteiger partial charge in [-0.2, -0.15) is 0 Å². The van der Waals surface area contributed by atoms with Gasteiger partial charge in [-0.25, -0.2) is 0 Å². The molecule has 0 radical (unpaired) electrons. The van der Waals surface area contributed by atoms with Crippen LogP contribution in [0, 0.1) is 5.92 Å². The fourth-order valence-electron chi connectivity index (χ4n) is 2.60. The van der Waals surface area contributed by atoms with Gasteiger partial charge in [0.25, 0.3) is 0 Å². The molecule has 1 heterocycles. The Hall–Kier alpha value is -2.10. The van der Waals surface area contributed by atoms with Crippen LogP contribution in [0.3, 0.4) is 0 Å². The van der Waals surface area contributed by atoms with Gasteiger partial charge in [-0.15, -0.1) is 10.2 Å². The van der Waals surface area contributed by atoms with E-state index in [1.54, 1.807) is 12.7 Å². The molecule has 0 fully saturated rings. The Bertz CT molecular complexity index is 560. The second-order valence-corrected chi connectivity index (χ2v) is 5.37. The maximum absolute atomic E-state index is 3.83. The normalized spacial score (nSPS) is 18.1. The molecule has 0 amide bonds. The Balaban J connectivity index is 1.58. The van der Waals surface area contributed by atoms with Gasteiger partial charge >= 0.3 is 0 Å². The topological polar surface area (TPSA) is 42.7 Å². The molecule has 1 aromatic heterocycles. The van der Waals surface area contributed by atoms with E-state index in [1.165, 1.54) is 30.5 Å². The SMILES string of the molecule is C1=CCC(CNc2cccc(Cn3cnnc3)c2)CC1. The zero-order valence-corrected chi connectivity index (χ0v) is 11.6. The molecule has 1 aliphatic rings. The molecular weight excluding hydrogens is 248 g/mol. The summed E-state index contributed by atoms with van der Waals surface area (Å²) in [6.07, 6.45) is 11.8. The Labute approximate surface area is 119 Å². The summed E-state index contributed by atoms with van der Waals surface area (Å²) in [5, 5.41) is 11.2. The van der Waals surface area contributed by atoms with Crippen LogP contribution in [-0.2, 0) is 6.54 Å². The molecule has 0 saturated heterocycles. The number of allylic oxidation sites excluding steroid dienone is 2. The van der Waals surface area contributed by atoms with Gasteiger partial charge in [0.15, 0.2) is 0 Å². The minimum absolute atomic E-state index is 0.765. The van der Waals surface area contributed by atoms with Crippen molar-refractivity contribution in [3.8, 4) is 0 Å². The lowest BCUT2D eigenvalue weighted by Crippen LogP contribution is -2.15. The van der Waals surface area contributed by atoms with Crippen molar-refractivity contribution in [1.82, 2.24) is 14.8 Å². The van der Waals surface area contributed by atoms with Crippen molar-refractivity contribution in [3.05, 3.63) is 54.6 Å². The summed E-state index contributed by atoms with van der Waals surface area (Å²) < 4.78 is 1.98. The molecule has 1 aliphatic carbocycles.